The van der Waals surface area contributed by atoms with E-state index >= 15 is 0 Å². The van der Waals surface area contributed by atoms with E-state index in [1.54, 1.807) is 0 Å². The Balaban J connectivity index is 1.84. The molecule has 2 fully saturated rings. The zero-order chi connectivity index (χ0) is 12.7. The molecule has 2 aliphatic rings. The van der Waals surface area contributed by atoms with Crippen molar-refractivity contribution in [3.05, 3.63) is 29.3 Å². The molecule has 1 saturated carbocycles. The molecular weight excluding hydrogens is 224 g/mol. The summed E-state index contributed by atoms with van der Waals surface area (Å²) in [6.07, 6.45) is 2.07. The number of aliphatic hydroxyl groups excluding tert-OH is 1. The number of rotatable bonds is 2. The van der Waals surface area contributed by atoms with Crippen molar-refractivity contribution < 1.29 is 5.11 Å². The lowest BCUT2D eigenvalue weighted by atomic mass is 10.00. The van der Waals surface area contributed by atoms with Crippen molar-refractivity contribution in [2.75, 3.05) is 18.0 Å². The summed E-state index contributed by atoms with van der Waals surface area (Å²) in [7, 11) is 0. The van der Waals surface area contributed by atoms with Gasteiger partial charge in [-0.1, -0.05) is 17.7 Å². The van der Waals surface area contributed by atoms with Crippen LogP contribution in [0.25, 0.3) is 0 Å². The maximum atomic E-state index is 9.98. The number of hydrogen-bond donors (Lipinski definition) is 2. The summed E-state index contributed by atoms with van der Waals surface area (Å²) in [6, 6.07) is 6.52. The van der Waals surface area contributed by atoms with Gasteiger partial charge in [-0.2, -0.15) is 0 Å². The topological polar surface area (TPSA) is 49.5 Å². The van der Waals surface area contributed by atoms with Crippen LogP contribution in [0.2, 0.25) is 0 Å². The van der Waals surface area contributed by atoms with Crippen molar-refractivity contribution in [1.29, 1.82) is 0 Å². The fraction of sp³-hybridized carbons (Fsp3) is 0.600. The standard InChI is InChI=1S/C15H22N2O/c1-10-2-4-14(12(6-10)7-16)17-8-11-3-5-15(18)13(11)9-17/h2,4,6,11,13,15,18H,3,5,7-9,16H2,1H3. The Morgan fingerprint density at radius 1 is 1.33 bits per heavy atom. The predicted octanol–water partition coefficient (Wildman–Crippen LogP) is 1.66. The molecule has 3 atom stereocenters. The summed E-state index contributed by atoms with van der Waals surface area (Å²) in [5.41, 5.74) is 9.61. The smallest absolute Gasteiger partial charge is 0.0588 e. The molecule has 1 aliphatic heterocycles. The Labute approximate surface area is 109 Å². The number of aryl methyl sites for hydroxylation is 1. The van der Waals surface area contributed by atoms with E-state index < -0.39 is 0 Å². The van der Waals surface area contributed by atoms with Crippen LogP contribution < -0.4 is 10.6 Å². The van der Waals surface area contributed by atoms with Gasteiger partial charge >= 0.3 is 0 Å². The van der Waals surface area contributed by atoms with Crippen LogP contribution in [-0.4, -0.2) is 24.3 Å². The van der Waals surface area contributed by atoms with E-state index in [1.165, 1.54) is 23.2 Å². The average Bonchev–Trinajstić information content (AvgIpc) is 2.92. The van der Waals surface area contributed by atoms with E-state index in [-0.39, 0.29) is 6.10 Å². The molecular formula is C15H22N2O. The van der Waals surface area contributed by atoms with E-state index in [2.05, 4.69) is 30.0 Å². The molecule has 3 N–H and O–H groups in total. The van der Waals surface area contributed by atoms with Gasteiger partial charge in [0.05, 0.1) is 6.10 Å². The minimum absolute atomic E-state index is 0.0909. The zero-order valence-corrected chi connectivity index (χ0v) is 11.0. The quantitative estimate of drug-likeness (QED) is 0.834. The van der Waals surface area contributed by atoms with Gasteiger partial charge in [0.15, 0.2) is 0 Å². The highest BCUT2D eigenvalue weighted by atomic mass is 16.3. The second-order valence-electron chi connectivity index (χ2n) is 5.81. The highest BCUT2D eigenvalue weighted by molar-refractivity contribution is 5.56. The number of nitrogens with zero attached hydrogens (tertiary/aromatic N) is 1. The lowest BCUT2D eigenvalue weighted by Crippen LogP contribution is -2.25. The summed E-state index contributed by atoms with van der Waals surface area (Å²) in [4.78, 5) is 2.42. The number of aliphatic hydroxyl groups is 1. The Kier molecular flexibility index (Phi) is 3.04. The number of hydrogen-bond acceptors (Lipinski definition) is 3. The number of benzene rings is 1. The van der Waals surface area contributed by atoms with Gasteiger partial charge in [0.1, 0.15) is 0 Å². The highest BCUT2D eigenvalue weighted by Gasteiger charge is 2.42. The molecule has 18 heavy (non-hydrogen) atoms. The lowest BCUT2D eigenvalue weighted by Gasteiger charge is -2.23. The first-order valence-corrected chi connectivity index (χ1v) is 6.91. The first-order chi connectivity index (χ1) is 8.69. The van der Waals surface area contributed by atoms with Gasteiger partial charge in [0.25, 0.3) is 0 Å². The van der Waals surface area contributed by atoms with Gasteiger partial charge in [-0.3, -0.25) is 0 Å². The van der Waals surface area contributed by atoms with Crippen molar-refractivity contribution in [3.63, 3.8) is 0 Å². The monoisotopic (exact) mass is 246 g/mol. The van der Waals surface area contributed by atoms with Crippen molar-refractivity contribution in [2.24, 2.45) is 17.6 Å². The third-order valence-electron chi connectivity index (χ3n) is 4.61. The largest absolute Gasteiger partial charge is 0.393 e. The van der Waals surface area contributed by atoms with Crippen LogP contribution in [0.3, 0.4) is 0 Å². The molecule has 0 bridgehead atoms. The summed E-state index contributed by atoms with van der Waals surface area (Å²) in [5, 5.41) is 9.98. The molecule has 0 aromatic heterocycles. The zero-order valence-electron chi connectivity index (χ0n) is 11.0. The van der Waals surface area contributed by atoms with Crippen molar-refractivity contribution in [3.8, 4) is 0 Å². The molecule has 3 unspecified atom stereocenters. The summed E-state index contributed by atoms with van der Waals surface area (Å²) in [5.74, 6) is 1.14. The predicted molar refractivity (Wildman–Crippen MR) is 73.5 cm³/mol. The van der Waals surface area contributed by atoms with Crippen molar-refractivity contribution in [2.45, 2.75) is 32.4 Å². The second kappa shape index (κ2) is 4.56. The minimum Gasteiger partial charge on any atom is -0.393 e. The van der Waals surface area contributed by atoms with E-state index in [1.807, 2.05) is 0 Å². The second-order valence-corrected chi connectivity index (χ2v) is 5.81. The Morgan fingerprint density at radius 3 is 2.89 bits per heavy atom. The fourth-order valence-electron chi connectivity index (χ4n) is 3.62. The van der Waals surface area contributed by atoms with Gasteiger partial charge in [-0.15, -0.1) is 0 Å². The fourth-order valence-corrected chi connectivity index (χ4v) is 3.62. The van der Waals surface area contributed by atoms with E-state index in [4.69, 9.17) is 5.73 Å². The Hall–Kier alpha value is -1.06. The Morgan fingerprint density at radius 2 is 2.17 bits per heavy atom. The SMILES string of the molecule is Cc1ccc(N2CC3CCC(O)C3C2)c(CN)c1. The van der Waals surface area contributed by atoms with E-state index in [9.17, 15) is 5.11 Å². The average molecular weight is 246 g/mol. The number of fused-ring (bicyclic) bond motifs is 1. The van der Waals surface area contributed by atoms with E-state index in [0.29, 0.717) is 18.4 Å². The molecule has 3 rings (SSSR count). The van der Waals surface area contributed by atoms with Crippen LogP contribution in [-0.2, 0) is 6.54 Å². The molecule has 0 amide bonds. The molecule has 1 heterocycles. The third kappa shape index (κ3) is 1.91. The van der Waals surface area contributed by atoms with Gasteiger partial charge in [-0.25, -0.2) is 0 Å². The van der Waals surface area contributed by atoms with Gasteiger partial charge in [-0.05, 0) is 37.3 Å². The molecule has 0 radical (unpaired) electrons. The van der Waals surface area contributed by atoms with Crippen LogP contribution in [0, 0.1) is 18.8 Å². The van der Waals surface area contributed by atoms with Gasteiger partial charge < -0.3 is 15.7 Å². The summed E-state index contributed by atoms with van der Waals surface area (Å²) in [6.45, 7) is 4.76. The molecule has 1 saturated heterocycles. The van der Waals surface area contributed by atoms with Crippen LogP contribution in [0.1, 0.15) is 24.0 Å². The van der Waals surface area contributed by atoms with Crippen LogP contribution in [0.4, 0.5) is 5.69 Å². The summed E-state index contributed by atoms with van der Waals surface area (Å²) >= 11 is 0. The highest BCUT2D eigenvalue weighted by Crippen LogP contribution is 2.40. The summed E-state index contributed by atoms with van der Waals surface area (Å²) < 4.78 is 0. The molecule has 0 spiro atoms. The Bertz CT molecular complexity index is 446. The first kappa shape index (κ1) is 12.0. The molecule has 3 nitrogen and oxygen atoms in total. The minimum atomic E-state index is -0.0909. The molecule has 1 aromatic rings. The number of nitrogens with two attached hydrogens (primary N) is 1. The molecule has 1 aliphatic carbocycles. The first-order valence-electron chi connectivity index (χ1n) is 6.91. The number of anilines is 1. The van der Waals surface area contributed by atoms with Crippen LogP contribution in [0.15, 0.2) is 18.2 Å². The molecule has 3 heteroatoms. The van der Waals surface area contributed by atoms with Crippen molar-refractivity contribution in [1.82, 2.24) is 0 Å². The maximum Gasteiger partial charge on any atom is 0.0588 e. The van der Waals surface area contributed by atoms with Crippen LogP contribution in [0.5, 0.6) is 0 Å². The normalized spacial score (nSPS) is 30.8. The molecule has 98 valence electrons. The maximum absolute atomic E-state index is 9.98. The van der Waals surface area contributed by atoms with Crippen molar-refractivity contribution >= 4 is 5.69 Å². The lowest BCUT2D eigenvalue weighted by molar-refractivity contribution is 0.133. The third-order valence-corrected chi connectivity index (χ3v) is 4.61. The van der Waals surface area contributed by atoms with E-state index in [0.717, 1.165) is 19.5 Å². The van der Waals surface area contributed by atoms with Gasteiger partial charge in [0, 0.05) is 31.2 Å². The van der Waals surface area contributed by atoms with Gasteiger partial charge in [0.2, 0.25) is 0 Å². The van der Waals surface area contributed by atoms with Crippen LogP contribution >= 0.6 is 0 Å². The molecule has 1 aromatic carbocycles.